The lowest BCUT2D eigenvalue weighted by molar-refractivity contribution is 0.825. The lowest BCUT2D eigenvalue weighted by Crippen LogP contribution is -2.27. The maximum Gasteiger partial charge on any atom is 0.134 e. The molecule has 3 aliphatic rings. The molecule has 9 rings (SSSR count). The molecule has 0 radical (unpaired) electrons. The van der Waals surface area contributed by atoms with Crippen LogP contribution in [0.3, 0.4) is 0 Å². The third kappa shape index (κ3) is 3.16. The minimum absolute atomic E-state index is 0.854. The molecule has 0 amide bonds. The summed E-state index contributed by atoms with van der Waals surface area (Å²) in [6.07, 6.45) is 10.6. The molecule has 0 saturated heterocycles. The number of fused-ring (bicyclic) bond motifs is 8. The van der Waals surface area contributed by atoms with Crippen molar-refractivity contribution in [3.8, 4) is 28.3 Å². The molecule has 0 spiro atoms. The molecular weight excluding hydrogens is 518 g/mol. The van der Waals surface area contributed by atoms with Gasteiger partial charge in [-0.2, -0.15) is 5.26 Å². The van der Waals surface area contributed by atoms with Crippen LogP contribution in [0.4, 0.5) is 0 Å². The average molecular weight is 546 g/mol. The summed E-state index contributed by atoms with van der Waals surface area (Å²) >= 11 is 0. The van der Waals surface area contributed by atoms with Crippen LogP contribution in [0.5, 0.6) is 0 Å². The van der Waals surface area contributed by atoms with E-state index in [1.165, 1.54) is 49.5 Å². The summed E-state index contributed by atoms with van der Waals surface area (Å²) in [5, 5.41) is 16.4. The van der Waals surface area contributed by atoms with Crippen molar-refractivity contribution in [2.45, 2.75) is 18.3 Å². The second-order valence-corrected chi connectivity index (χ2v) is 11.8. The van der Waals surface area contributed by atoms with Crippen LogP contribution in [-0.4, -0.2) is 0 Å². The van der Waals surface area contributed by atoms with Gasteiger partial charge in [-0.05, 0) is 95.6 Å². The molecule has 1 heteroatoms. The zero-order valence-corrected chi connectivity index (χ0v) is 23.6. The molecule has 0 aliphatic heterocycles. The highest BCUT2D eigenvalue weighted by Gasteiger charge is 2.48. The second kappa shape index (κ2) is 9.02. The molecule has 1 unspecified atom stereocenters. The predicted molar refractivity (Wildman–Crippen MR) is 178 cm³/mol. The number of benzene rings is 6. The standard InChI is InChI=1S/C42H27N/c43-26-42(38-23-3-1-2-17-32(38)33-18-10-11-24-39(33)42)41-36-20-9-7-16-31(36)30-15-6-8-19-34(30)40(41)35-22-12-21-29-28-14-5-4-13-27(28)25-37(29)35/h2-24H,1,25H2. The Balaban J connectivity index is 1.51. The van der Waals surface area contributed by atoms with Gasteiger partial charge in [0.25, 0.3) is 0 Å². The quantitative estimate of drug-likeness (QED) is 0.198. The van der Waals surface area contributed by atoms with Crippen molar-refractivity contribution in [1.82, 2.24) is 0 Å². The van der Waals surface area contributed by atoms with Gasteiger partial charge in [0.05, 0.1) is 6.07 Å². The van der Waals surface area contributed by atoms with Crippen LogP contribution in [0.2, 0.25) is 0 Å². The highest BCUT2D eigenvalue weighted by molar-refractivity contribution is 6.18. The van der Waals surface area contributed by atoms with E-state index in [2.05, 4.69) is 146 Å². The summed E-state index contributed by atoms with van der Waals surface area (Å²) in [6, 6.07) is 44.5. The molecule has 0 heterocycles. The van der Waals surface area contributed by atoms with E-state index in [1.54, 1.807) is 0 Å². The third-order valence-electron chi connectivity index (χ3n) is 9.75. The maximum atomic E-state index is 11.6. The Labute approximate surface area is 251 Å². The molecule has 43 heavy (non-hydrogen) atoms. The molecule has 0 saturated carbocycles. The van der Waals surface area contributed by atoms with Gasteiger partial charge >= 0.3 is 0 Å². The fraction of sp³-hybridized carbons (Fsp3) is 0.0714. The van der Waals surface area contributed by atoms with Crippen LogP contribution in [0.1, 0.15) is 34.2 Å². The lowest BCUT2D eigenvalue weighted by atomic mass is 9.67. The Kier molecular flexibility index (Phi) is 5.07. The van der Waals surface area contributed by atoms with Gasteiger partial charge in [0.1, 0.15) is 5.41 Å². The Morgan fingerprint density at radius 3 is 2.02 bits per heavy atom. The van der Waals surface area contributed by atoms with Crippen molar-refractivity contribution in [2.75, 3.05) is 0 Å². The Morgan fingerprint density at radius 2 is 1.19 bits per heavy atom. The smallest absolute Gasteiger partial charge is 0.134 e. The average Bonchev–Trinajstić information content (AvgIpc) is 3.45. The van der Waals surface area contributed by atoms with E-state index in [9.17, 15) is 5.26 Å². The molecule has 1 atom stereocenters. The van der Waals surface area contributed by atoms with Crippen molar-refractivity contribution in [1.29, 1.82) is 5.26 Å². The molecule has 0 N–H and O–H groups in total. The van der Waals surface area contributed by atoms with Crippen molar-refractivity contribution >= 4 is 27.1 Å². The van der Waals surface area contributed by atoms with Gasteiger partial charge < -0.3 is 0 Å². The maximum absolute atomic E-state index is 11.6. The van der Waals surface area contributed by atoms with Gasteiger partial charge in [0.15, 0.2) is 0 Å². The first kappa shape index (κ1) is 24.2. The zero-order chi connectivity index (χ0) is 28.5. The van der Waals surface area contributed by atoms with Crippen molar-refractivity contribution < 1.29 is 0 Å². The summed E-state index contributed by atoms with van der Waals surface area (Å²) in [4.78, 5) is 0. The van der Waals surface area contributed by atoms with E-state index in [1.807, 2.05) is 0 Å². The third-order valence-corrected chi connectivity index (χ3v) is 9.75. The van der Waals surface area contributed by atoms with Crippen LogP contribution in [0.15, 0.2) is 145 Å². The summed E-state index contributed by atoms with van der Waals surface area (Å²) in [5.41, 5.74) is 12.3. The van der Waals surface area contributed by atoms with Crippen LogP contribution in [-0.2, 0) is 11.8 Å². The van der Waals surface area contributed by atoms with E-state index in [0.717, 1.165) is 46.1 Å². The first-order valence-corrected chi connectivity index (χ1v) is 15.0. The highest BCUT2D eigenvalue weighted by atomic mass is 14.5. The van der Waals surface area contributed by atoms with Crippen LogP contribution in [0.25, 0.3) is 49.4 Å². The molecule has 3 aliphatic carbocycles. The van der Waals surface area contributed by atoms with Crippen LogP contribution >= 0.6 is 0 Å². The van der Waals surface area contributed by atoms with Crippen molar-refractivity contribution in [2.24, 2.45) is 0 Å². The summed E-state index contributed by atoms with van der Waals surface area (Å²) < 4.78 is 0. The molecule has 6 aromatic carbocycles. The van der Waals surface area contributed by atoms with E-state index in [0.29, 0.717) is 0 Å². The minimum Gasteiger partial charge on any atom is -0.197 e. The van der Waals surface area contributed by atoms with E-state index in [4.69, 9.17) is 0 Å². The Morgan fingerprint density at radius 1 is 0.558 bits per heavy atom. The molecular formula is C42H27N. The Bertz CT molecular complexity index is 2300. The summed E-state index contributed by atoms with van der Waals surface area (Å²) in [6.45, 7) is 0. The summed E-state index contributed by atoms with van der Waals surface area (Å²) in [5.74, 6) is 0. The van der Waals surface area contributed by atoms with E-state index >= 15 is 0 Å². The topological polar surface area (TPSA) is 23.8 Å². The van der Waals surface area contributed by atoms with E-state index in [-0.39, 0.29) is 0 Å². The zero-order valence-electron chi connectivity index (χ0n) is 23.6. The number of hydrogen-bond acceptors (Lipinski definition) is 1. The normalized spacial score (nSPS) is 17.8. The van der Waals surface area contributed by atoms with Gasteiger partial charge in [-0.1, -0.05) is 140 Å². The Hall–Kier alpha value is -5.45. The highest BCUT2D eigenvalue weighted by Crippen LogP contribution is 2.57. The first-order valence-electron chi connectivity index (χ1n) is 15.0. The van der Waals surface area contributed by atoms with E-state index < -0.39 is 5.41 Å². The SMILES string of the molecule is N#CC1(c2c(-c3cccc4c3Cc3ccccc3-4)c3ccccc3c3ccccc23)C2=C(C=CCC=C2)c2ccccc21. The van der Waals surface area contributed by atoms with Gasteiger partial charge in [0.2, 0.25) is 0 Å². The molecule has 0 bridgehead atoms. The minimum atomic E-state index is -0.982. The molecule has 0 fully saturated rings. The fourth-order valence-electron chi connectivity index (χ4n) is 8.03. The number of hydrogen-bond donors (Lipinski definition) is 0. The largest absolute Gasteiger partial charge is 0.197 e. The predicted octanol–water partition coefficient (Wildman–Crippen LogP) is 10.3. The lowest BCUT2D eigenvalue weighted by Gasteiger charge is -2.32. The van der Waals surface area contributed by atoms with Gasteiger partial charge in [-0.25, -0.2) is 0 Å². The van der Waals surface area contributed by atoms with Crippen molar-refractivity contribution in [3.05, 3.63) is 173 Å². The van der Waals surface area contributed by atoms with Crippen molar-refractivity contribution in [3.63, 3.8) is 0 Å². The molecule has 200 valence electrons. The number of nitrogens with zero attached hydrogens (tertiary/aromatic N) is 1. The number of allylic oxidation sites excluding steroid dienone is 6. The van der Waals surface area contributed by atoms with Crippen LogP contribution in [0, 0.1) is 11.3 Å². The molecule has 0 aromatic heterocycles. The van der Waals surface area contributed by atoms with Crippen LogP contribution < -0.4 is 0 Å². The van der Waals surface area contributed by atoms with Gasteiger partial charge in [-0.3, -0.25) is 0 Å². The van der Waals surface area contributed by atoms with Gasteiger partial charge in [-0.15, -0.1) is 0 Å². The summed E-state index contributed by atoms with van der Waals surface area (Å²) in [7, 11) is 0. The molecule has 1 nitrogen and oxygen atoms in total. The number of rotatable bonds is 2. The second-order valence-electron chi connectivity index (χ2n) is 11.8. The molecule has 6 aromatic rings. The number of nitriles is 1. The fourth-order valence-corrected chi connectivity index (χ4v) is 8.03. The first-order chi connectivity index (χ1) is 21.3. The van der Waals surface area contributed by atoms with Gasteiger partial charge in [0, 0.05) is 0 Å². The monoisotopic (exact) mass is 545 g/mol.